The zero-order valence-corrected chi connectivity index (χ0v) is 21.9. The number of fused-ring (bicyclic) bond motifs is 1. The summed E-state index contributed by atoms with van der Waals surface area (Å²) in [6.07, 6.45) is 1.92. The molecule has 0 saturated carbocycles. The number of amides is 1. The summed E-state index contributed by atoms with van der Waals surface area (Å²) in [6, 6.07) is 34.0. The smallest absolute Gasteiger partial charge is 0.224 e. The molecule has 5 rings (SSSR count). The number of rotatable bonds is 11. The number of para-hydroxylation sites is 3. The number of nitrogens with one attached hydrogen (secondary N) is 1. The van der Waals surface area contributed by atoms with Crippen molar-refractivity contribution in [1.29, 1.82) is 0 Å². The predicted octanol–water partition coefficient (Wildman–Crippen LogP) is 6.73. The van der Waals surface area contributed by atoms with Gasteiger partial charge in [0.1, 0.15) is 18.2 Å². The van der Waals surface area contributed by atoms with Crippen LogP contribution in [-0.2, 0) is 24.2 Å². The Hall–Kier alpha value is -4.09. The van der Waals surface area contributed by atoms with Crippen LogP contribution in [0.3, 0.4) is 0 Å². The van der Waals surface area contributed by atoms with Gasteiger partial charge in [-0.1, -0.05) is 90.5 Å². The van der Waals surface area contributed by atoms with E-state index in [-0.39, 0.29) is 5.91 Å². The highest BCUT2D eigenvalue weighted by Crippen LogP contribution is 2.24. The van der Waals surface area contributed by atoms with Crippen LogP contribution in [0.1, 0.15) is 17.8 Å². The van der Waals surface area contributed by atoms with Gasteiger partial charge in [0, 0.05) is 13.0 Å². The highest BCUT2D eigenvalue weighted by Gasteiger charge is 2.11. The van der Waals surface area contributed by atoms with Crippen LogP contribution in [0.15, 0.2) is 103 Å². The second-order valence-corrected chi connectivity index (χ2v) is 9.55. The van der Waals surface area contributed by atoms with E-state index >= 15 is 0 Å². The Morgan fingerprint density at radius 3 is 2.37 bits per heavy atom. The zero-order valence-electron chi connectivity index (χ0n) is 21.1. The zero-order chi connectivity index (χ0) is 26.2. The summed E-state index contributed by atoms with van der Waals surface area (Å²) in [5, 5.41) is 3.66. The third kappa shape index (κ3) is 6.42. The van der Waals surface area contributed by atoms with Crippen molar-refractivity contribution < 1.29 is 9.53 Å². The van der Waals surface area contributed by atoms with E-state index in [1.54, 1.807) is 0 Å². The summed E-state index contributed by atoms with van der Waals surface area (Å²) < 4.78 is 8.12. The van der Waals surface area contributed by atoms with Crippen LogP contribution < -0.4 is 10.1 Å². The minimum absolute atomic E-state index is 0.0269. The van der Waals surface area contributed by atoms with E-state index in [1.165, 1.54) is 5.56 Å². The van der Waals surface area contributed by atoms with Gasteiger partial charge in [-0.25, -0.2) is 4.98 Å². The summed E-state index contributed by atoms with van der Waals surface area (Å²) in [7, 11) is 0. The number of aromatic nitrogens is 2. The molecular weight excluding hydrogens is 494 g/mol. The van der Waals surface area contributed by atoms with Gasteiger partial charge >= 0.3 is 0 Å². The summed E-state index contributed by atoms with van der Waals surface area (Å²) >= 11 is 6.23. The minimum Gasteiger partial charge on any atom is -0.490 e. The number of halogens is 1. The van der Waals surface area contributed by atoms with Gasteiger partial charge in [0.15, 0.2) is 0 Å². The number of hydrogen-bond acceptors (Lipinski definition) is 3. The van der Waals surface area contributed by atoms with Crippen LogP contribution >= 0.6 is 11.6 Å². The molecule has 0 radical (unpaired) electrons. The van der Waals surface area contributed by atoms with E-state index in [9.17, 15) is 4.79 Å². The minimum atomic E-state index is 0.0269. The molecule has 0 fully saturated rings. The number of imidazole rings is 1. The van der Waals surface area contributed by atoms with Crippen molar-refractivity contribution in [1.82, 2.24) is 14.9 Å². The van der Waals surface area contributed by atoms with E-state index in [2.05, 4.69) is 40.2 Å². The lowest BCUT2D eigenvalue weighted by molar-refractivity contribution is -0.120. The van der Waals surface area contributed by atoms with Crippen LogP contribution in [0.4, 0.5) is 0 Å². The topological polar surface area (TPSA) is 56.2 Å². The van der Waals surface area contributed by atoms with Gasteiger partial charge < -0.3 is 14.6 Å². The van der Waals surface area contributed by atoms with Crippen LogP contribution in [-0.4, -0.2) is 28.6 Å². The highest BCUT2D eigenvalue weighted by molar-refractivity contribution is 6.32. The molecule has 0 aliphatic heterocycles. The Morgan fingerprint density at radius 2 is 1.55 bits per heavy atom. The summed E-state index contributed by atoms with van der Waals surface area (Å²) in [6.45, 7) is 1.74. The predicted molar refractivity (Wildman–Crippen MR) is 154 cm³/mol. The number of aryl methyl sites for hydroxylation is 1. The van der Waals surface area contributed by atoms with E-state index in [0.717, 1.165) is 40.8 Å². The number of carbonyl (C=O) groups excluding carboxylic acids is 1. The van der Waals surface area contributed by atoms with Crippen molar-refractivity contribution in [2.75, 3.05) is 13.2 Å². The molecule has 5 aromatic rings. The highest BCUT2D eigenvalue weighted by atomic mass is 35.5. The molecule has 1 amide bonds. The average molecular weight is 524 g/mol. The van der Waals surface area contributed by atoms with Crippen LogP contribution in [0, 0.1) is 0 Å². The van der Waals surface area contributed by atoms with Gasteiger partial charge in [-0.15, -0.1) is 0 Å². The third-order valence-electron chi connectivity index (χ3n) is 6.47. The molecule has 0 saturated heterocycles. The lowest BCUT2D eigenvalue weighted by Gasteiger charge is -2.12. The van der Waals surface area contributed by atoms with E-state index in [0.29, 0.717) is 36.9 Å². The molecule has 4 aromatic carbocycles. The first kappa shape index (κ1) is 25.6. The first-order valence-corrected chi connectivity index (χ1v) is 13.3. The molecule has 0 aliphatic rings. The van der Waals surface area contributed by atoms with Crippen LogP contribution in [0.2, 0.25) is 5.02 Å². The molecular formula is C32H30ClN3O2. The van der Waals surface area contributed by atoms with Crippen molar-refractivity contribution in [2.45, 2.75) is 25.8 Å². The van der Waals surface area contributed by atoms with Crippen molar-refractivity contribution in [3.63, 3.8) is 0 Å². The van der Waals surface area contributed by atoms with Crippen molar-refractivity contribution in [3.05, 3.63) is 120 Å². The van der Waals surface area contributed by atoms with Gasteiger partial charge in [0.2, 0.25) is 5.91 Å². The maximum Gasteiger partial charge on any atom is 0.224 e. The van der Waals surface area contributed by atoms with Gasteiger partial charge in [-0.05, 0) is 47.4 Å². The molecule has 0 spiro atoms. The normalized spacial score (nSPS) is 11.0. The Kier molecular flexibility index (Phi) is 8.36. The van der Waals surface area contributed by atoms with Gasteiger partial charge in [0.05, 0.1) is 29.0 Å². The molecule has 38 heavy (non-hydrogen) atoms. The molecule has 0 aliphatic carbocycles. The fraction of sp³-hybridized carbons (Fsp3) is 0.188. The monoisotopic (exact) mass is 523 g/mol. The number of benzene rings is 4. The molecule has 0 bridgehead atoms. The largest absolute Gasteiger partial charge is 0.490 e. The summed E-state index contributed by atoms with van der Waals surface area (Å²) in [5.74, 6) is 1.69. The number of carbonyl (C=O) groups is 1. The van der Waals surface area contributed by atoms with Gasteiger partial charge in [-0.2, -0.15) is 0 Å². The Bertz CT molecular complexity index is 1500. The summed E-state index contributed by atoms with van der Waals surface area (Å²) in [4.78, 5) is 17.4. The molecule has 0 unspecified atom stereocenters. The molecule has 192 valence electrons. The second kappa shape index (κ2) is 12.4. The van der Waals surface area contributed by atoms with Crippen LogP contribution in [0.5, 0.6) is 5.75 Å². The third-order valence-corrected chi connectivity index (χ3v) is 6.78. The number of nitrogens with zero attached hydrogens (tertiary/aromatic N) is 2. The summed E-state index contributed by atoms with van der Waals surface area (Å²) in [5.41, 5.74) is 5.36. The van der Waals surface area contributed by atoms with Crippen molar-refractivity contribution in [2.24, 2.45) is 0 Å². The molecule has 6 heteroatoms. The molecule has 1 N–H and O–H groups in total. The molecule has 1 aromatic heterocycles. The van der Waals surface area contributed by atoms with E-state index < -0.39 is 0 Å². The first-order chi connectivity index (χ1) is 18.7. The first-order valence-electron chi connectivity index (χ1n) is 12.9. The lowest BCUT2D eigenvalue weighted by atomic mass is 10.0. The molecule has 0 atom stereocenters. The van der Waals surface area contributed by atoms with Gasteiger partial charge in [0.25, 0.3) is 0 Å². The van der Waals surface area contributed by atoms with Crippen molar-refractivity contribution >= 4 is 28.5 Å². The molecule has 5 nitrogen and oxygen atoms in total. The van der Waals surface area contributed by atoms with Crippen molar-refractivity contribution in [3.8, 4) is 16.9 Å². The quantitative estimate of drug-likeness (QED) is 0.195. The van der Waals surface area contributed by atoms with E-state index in [1.807, 2.05) is 72.8 Å². The maximum absolute atomic E-state index is 12.5. The molecule has 1 heterocycles. The Morgan fingerprint density at radius 1 is 0.842 bits per heavy atom. The number of ether oxygens (including phenoxy) is 1. The maximum atomic E-state index is 12.5. The Labute approximate surface area is 228 Å². The fourth-order valence-electron chi connectivity index (χ4n) is 4.54. The standard InChI is InChI=1S/C32H30ClN3O2/c33-27-11-4-7-14-30(27)38-22-21-36-29-13-6-5-12-28(29)35-31(36)15-8-20-34-32(37)23-24-16-18-26(19-17-24)25-9-2-1-3-10-25/h1-7,9-14,16-19H,8,15,20-23H2,(H,34,37). The van der Waals surface area contributed by atoms with Gasteiger partial charge in [-0.3, -0.25) is 4.79 Å². The lowest BCUT2D eigenvalue weighted by Crippen LogP contribution is -2.26. The SMILES string of the molecule is O=C(Cc1ccc(-c2ccccc2)cc1)NCCCc1nc2ccccc2n1CCOc1ccccc1Cl. The fourth-order valence-corrected chi connectivity index (χ4v) is 4.73. The van der Waals surface area contributed by atoms with E-state index in [4.69, 9.17) is 21.3 Å². The van der Waals surface area contributed by atoms with Crippen LogP contribution in [0.25, 0.3) is 22.2 Å². The number of hydrogen-bond donors (Lipinski definition) is 1. The Balaban J connectivity index is 1.13. The second-order valence-electron chi connectivity index (χ2n) is 9.14. The average Bonchev–Trinajstić information content (AvgIpc) is 3.30.